The summed E-state index contributed by atoms with van der Waals surface area (Å²) in [5.41, 5.74) is 6.24. The molecule has 7 heteroatoms. The van der Waals surface area contributed by atoms with Crippen molar-refractivity contribution >= 4 is 21.3 Å². The van der Waals surface area contributed by atoms with E-state index in [1.165, 1.54) is 7.11 Å². The number of pyridine rings is 1. The molecule has 1 aliphatic heterocycles. The minimum Gasteiger partial charge on any atom is -0.481 e. The number of sulfone groups is 1. The number of hydrogen-bond donors (Lipinski definition) is 2. The van der Waals surface area contributed by atoms with Crippen LogP contribution in [0.2, 0.25) is 0 Å². The first kappa shape index (κ1) is 12.0. The number of ether oxygens (including phenoxy) is 1. The van der Waals surface area contributed by atoms with E-state index in [2.05, 4.69) is 10.3 Å². The molecule has 17 heavy (non-hydrogen) atoms. The van der Waals surface area contributed by atoms with Crippen LogP contribution < -0.4 is 15.8 Å². The summed E-state index contributed by atoms with van der Waals surface area (Å²) < 4.78 is 27.6. The van der Waals surface area contributed by atoms with E-state index in [0.29, 0.717) is 23.8 Å². The van der Waals surface area contributed by atoms with Gasteiger partial charge in [0.15, 0.2) is 15.7 Å². The highest BCUT2D eigenvalue weighted by Gasteiger charge is 2.28. The van der Waals surface area contributed by atoms with E-state index in [0.717, 1.165) is 0 Å². The average molecular weight is 257 g/mol. The summed E-state index contributed by atoms with van der Waals surface area (Å²) in [4.78, 5) is 4.15. The number of nitrogen functional groups attached to an aromatic ring is 1. The van der Waals surface area contributed by atoms with E-state index in [1.807, 2.05) is 0 Å². The maximum atomic E-state index is 11.3. The largest absolute Gasteiger partial charge is 0.481 e. The Bertz CT molecular complexity index is 516. The lowest BCUT2D eigenvalue weighted by Gasteiger charge is -2.14. The number of nitrogens with two attached hydrogens (primary N) is 1. The van der Waals surface area contributed by atoms with Gasteiger partial charge >= 0.3 is 0 Å². The van der Waals surface area contributed by atoms with Gasteiger partial charge in [0.2, 0.25) is 5.88 Å². The van der Waals surface area contributed by atoms with E-state index < -0.39 is 9.84 Å². The molecule has 3 N–H and O–H groups in total. The first-order valence-electron chi connectivity index (χ1n) is 5.27. The first-order chi connectivity index (χ1) is 8.00. The van der Waals surface area contributed by atoms with Gasteiger partial charge in [0.25, 0.3) is 0 Å². The minimum absolute atomic E-state index is 0.123. The van der Waals surface area contributed by atoms with Crippen LogP contribution in [-0.4, -0.2) is 38.1 Å². The van der Waals surface area contributed by atoms with Crippen molar-refractivity contribution in [1.29, 1.82) is 0 Å². The van der Waals surface area contributed by atoms with Crippen LogP contribution in [0.4, 0.5) is 11.5 Å². The van der Waals surface area contributed by atoms with E-state index in [1.54, 1.807) is 12.1 Å². The SMILES string of the molecule is COc1ccc(N)c(NC2CCS(=O)(=O)C2)n1. The van der Waals surface area contributed by atoms with Crippen molar-refractivity contribution in [2.24, 2.45) is 0 Å². The van der Waals surface area contributed by atoms with Gasteiger partial charge in [-0.3, -0.25) is 0 Å². The van der Waals surface area contributed by atoms with Crippen LogP contribution in [-0.2, 0) is 9.84 Å². The number of anilines is 2. The molecular weight excluding hydrogens is 242 g/mol. The van der Waals surface area contributed by atoms with E-state index in [9.17, 15) is 8.42 Å². The summed E-state index contributed by atoms with van der Waals surface area (Å²) in [7, 11) is -1.39. The second-order valence-electron chi connectivity index (χ2n) is 4.04. The second kappa shape index (κ2) is 4.40. The Labute approximate surface area is 100 Å². The van der Waals surface area contributed by atoms with Crippen LogP contribution in [0, 0.1) is 0 Å². The summed E-state index contributed by atoms with van der Waals surface area (Å²) in [6, 6.07) is 3.21. The molecule has 0 aromatic carbocycles. The topological polar surface area (TPSA) is 94.3 Å². The standard InChI is InChI=1S/C10H15N3O3S/c1-16-9-3-2-8(11)10(13-9)12-7-4-5-17(14,15)6-7/h2-3,7H,4-6,11H2,1H3,(H,12,13). The van der Waals surface area contributed by atoms with Crippen molar-refractivity contribution < 1.29 is 13.2 Å². The fourth-order valence-electron chi connectivity index (χ4n) is 1.78. The normalized spacial score (nSPS) is 22.3. The van der Waals surface area contributed by atoms with Gasteiger partial charge in [0.1, 0.15) is 0 Å². The van der Waals surface area contributed by atoms with Crippen molar-refractivity contribution in [3.63, 3.8) is 0 Å². The van der Waals surface area contributed by atoms with Gasteiger partial charge in [-0.1, -0.05) is 0 Å². The van der Waals surface area contributed by atoms with Crippen LogP contribution in [0.3, 0.4) is 0 Å². The Kier molecular flexibility index (Phi) is 3.10. The van der Waals surface area contributed by atoms with Gasteiger partial charge < -0.3 is 15.8 Å². The summed E-state index contributed by atoms with van der Waals surface area (Å²) >= 11 is 0. The van der Waals surface area contributed by atoms with Crippen molar-refractivity contribution in [3.8, 4) is 5.88 Å². The van der Waals surface area contributed by atoms with E-state index >= 15 is 0 Å². The van der Waals surface area contributed by atoms with E-state index in [4.69, 9.17) is 10.5 Å². The van der Waals surface area contributed by atoms with Crippen LogP contribution >= 0.6 is 0 Å². The number of aromatic nitrogens is 1. The van der Waals surface area contributed by atoms with Crippen LogP contribution in [0.1, 0.15) is 6.42 Å². The molecule has 0 saturated carbocycles. The molecule has 1 fully saturated rings. The third kappa shape index (κ3) is 2.79. The molecule has 0 aliphatic carbocycles. The number of methoxy groups -OCH3 is 1. The third-order valence-corrected chi connectivity index (χ3v) is 4.45. The van der Waals surface area contributed by atoms with E-state index in [-0.39, 0.29) is 17.5 Å². The zero-order valence-electron chi connectivity index (χ0n) is 9.51. The Morgan fingerprint density at radius 1 is 1.53 bits per heavy atom. The Morgan fingerprint density at radius 2 is 2.29 bits per heavy atom. The summed E-state index contributed by atoms with van der Waals surface area (Å²) in [5.74, 6) is 1.27. The first-order valence-corrected chi connectivity index (χ1v) is 7.10. The monoisotopic (exact) mass is 257 g/mol. The molecule has 1 unspecified atom stereocenters. The molecule has 0 spiro atoms. The van der Waals surface area contributed by atoms with Crippen molar-refractivity contribution in [3.05, 3.63) is 12.1 Å². The van der Waals surface area contributed by atoms with Gasteiger partial charge in [0, 0.05) is 12.1 Å². The summed E-state index contributed by atoms with van der Waals surface area (Å²) in [5, 5.41) is 3.04. The Hall–Kier alpha value is -1.50. The molecule has 6 nitrogen and oxygen atoms in total. The highest BCUT2D eigenvalue weighted by molar-refractivity contribution is 7.91. The van der Waals surface area contributed by atoms with Crippen LogP contribution in [0.25, 0.3) is 0 Å². The highest BCUT2D eigenvalue weighted by Crippen LogP contribution is 2.23. The maximum Gasteiger partial charge on any atom is 0.215 e. The van der Waals surface area contributed by atoms with Gasteiger partial charge in [-0.25, -0.2) is 8.42 Å². The summed E-state index contributed by atoms with van der Waals surface area (Å²) in [6.07, 6.45) is 0.584. The molecule has 1 aromatic rings. The quantitative estimate of drug-likeness (QED) is 0.807. The molecule has 1 saturated heterocycles. The number of rotatable bonds is 3. The lowest BCUT2D eigenvalue weighted by molar-refractivity contribution is 0.398. The third-order valence-electron chi connectivity index (χ3n) is 2.68. The molecule has 1 aromatic heterocycles. The van der Waals surface area contributed by atoms with Gasteiger partial charge in [0.05, 0.1) is 24.3 Å². The molecular formula is C10H15N3O3S. The number of nitrogens with one attached hydrogen (secondary N) is 1. The lowest BCUT2D eigenvalue weighted by Crippen LogP contribution is -2.22. The maximum absolute atomic E-state index is 11.3. The van der Waals surface area contributed by atoms with Crippen molar-refractivity contribution in [2.75, 3.05) is 29.7 Å². The molecule has 1 atom stereocenters. The van der Waals surface area contributed by atoms with Crippen molar-refractivity contribution in [1.82, 2.24) is 4.98 Å². The second-order valence-corrected chi connectivity index (χ2v) is 6.26. The molecule has 94 valence electrons. The van der Waals surface area contributed by atoms with Gasteiger partial charge in [-0.05, 0) is 12.5 Å². The predicted octanol–water partition coefficient (Wildman–Crippen LogP) is 0.271. The summed E-state index contributed by atoms with van der Waals surface area (Å²) in [6.45, 7) is 0. The lowest BCUT2D eigenvalue weighted by atomic mass is 10.2. The zero-order valence-corrected chi connectivity index (χ0v) is 10.3. The molecule has 2 heterocycles. The Balaban J connectivity index is 2.13. The smallest absolute Gasteiger partial charge is 0.215 e. The predicted molar refractivity (Wildman–Crippen MR) is 65.9 cm³/mol. The fraction of sp³-hybridized carbons (Fsp3) is 0.500. The highest BCUT2D eigenvalue weighted by atomic mass is 32.2. The molecule has 0 radical (unpaired) electrons. The zero-order chi connectivity index (χ0) is 12.5. The molecule has 0 bridgehead atoms. The van der Waals surface area contributed by atoms with Crippen molar-refractivity contribution in [2.45, 2.75) is 12.5 Å². The Morgan fingerprint density at radius 3 is 2.88 bits per heavy atom. The van der Waals surface area contributed by atoms with Gasteiger partial charge in [-0.15, -0.1) is 0 Å². The van der Waals surface area contributed by atoms with Gasteiger partial charge in [-0.2, -0.15) is 4.98 Å². The van der Waals surface area contributed by atoms with Crippen LogP contribution in [0.5, 0.6) is 5.88 Å². The number of nitrogens with zero attached hydrogens (tertiary/aromatic N) is 1. The molecule has 2 rings (SSSR count). The number of hydrogen-bond acceptors (Lipinski definition) is 6. The average Bonchev–Trinajstić information content (AvgIpc) is 2.61. The minimum atomic E-state index is -2.91. The molecule has 1 aliphatic rings. The molecule has 0 amide bonds. The van der Waals surface area contributed by atoms with Crippen LogP contribution in [0.15, 0.2) is 12.1 Å². The fourth-order valence-corrected chi connectivity index (χ4v) is 3.46.